The van der Waals surface area contributed by atoms with Crippen LogP contribution in [0.5, 0.6) is 0 Å². The highest BCUT2D eigenvalue weighted by molar-refractivity contribution is 5.93. The molecule has 1 aliphatic rings. The van der Waals surface area contributed by atoms with Gasteiger partial charge in [0, 0.05) is 18.7 Å². The molecule has 0 amide bonds. The predicted molar refractivity (Wildman–Crippen MR) is 51.1 cm³/mol. The van der Waals surface area contributed by atoms with E-state index in [1.165, 1.54) is 6.92 Å². The maximum Gasteiger partial charge on any atom is 0.296 e. The van der Waals surface area contributed by atoms with Crippen LogP contribution in [0.15, 0.2) is 23.4 Å². The first-order chi connectivity index (χ1) is 6.42. The molecule has 0 radical (unpaired) electrons. The molecule has 0 unspecified atom stereocenters. The standard InChI is InChI=1S/C9H13N3O2/c1-6-5-7(12-10)3-4-8(6)11-9(2,13)14/h3-4,11,13-14H,5H2,1-2H3. The second-order valence-electron chi connectivity index (χ2n) is 3.44. The third-order valence-corrected chi connectivity index (χ3v) is 1.85. The molecule has 0 bridgehead atoms. The first-order valence-electron chi connectivity index (χ1n) is 4.24. The van der Waals surface area contributed by atoms with Gasteiger partial charge in [-0.2, -0.15) is 4.79 Å². The summed E-state index contributed by atoms with van der Waals surface area (Å²) in [5.41, 5.74) is 10.6. The van der Waals surface area contributed by atoms with Crippen LogP contribution in [0.25, 0.3) is 5.53 Å². The highest BCUT2D eigenvalue weighted by Gasteiger charge is 2.20. The molecule has 0 fully saturated rings. The van der Waals surface area contributed by atoms with Crippen molar-refractivity contribution in [1.29, 1.82) is 0 Å². The Morgan fingerprint density at radius 1 is 1.50 bits per heavy atom. The average molecular weight is 195 g/mol. The van der Waals surface area contributed by atoms with Crippen molar-refractivity contribution in [3.8, 4) is 0 Å². The Balaban J connectivity index is 2.83. The first kappa shape index (κ1) is 10.7. The lowest BCUT2D eigenvalue weighted by Crippen LogP contribution is -2.41. The summed E-state index contributed by atoms with van der Waals surface area (Å²) in [5.74, 6) is -1.94. The lowest BCUT2D eigenvalue weighted by atomic mass is 10.0. The molecule has 0 aromatic rings. The van der Waals surface area contributed by atoms with Gasteiger partial charge in [-0.05, 0) is 18.6 Å². The molecule has 0 spiro atoms. The Hall–Kier alpha value is -1.42. The Morgan fingerprint density at radius 2 is 2.14 bits per heavy atom. The number of hydrogen-bond donors (Lipinski definition) is 3. The summed E-state index contributed by atoms with van der Waals surface area (Å²) >= 11 is 0. The molecule has 1 aliphatic carbocycles. The Morgan fingerprint density at radius 3 is 2.57 bits per heavy atom. The van der Waals surface area contributed by atoms with E-state index in [1.54, 1.807) is 12.2 Å². The predicted octanol–water partition coefficient (Wildman–Crippen LogP) is 0.139. The Labute approximate surface area is 82.0 Å². The fourth-order valence-corrected chi connectivity index (χ4v) is 1.22. The molecule has 3 N–H and O–H groups in total. The van der Waals surface area contributed by atoms with Gasteiger partial charge in [0.15, 0.2) is 0 Å². The maximum atomic E-state index is 9.11. The molecule has 76 valence electrons. The molecule has 1 rings (SSSR count). The van der Waals surface area contributed by atoms with Gasteiger partial charge in [-0.1, -0.05) is 0 Å². The maximum absolute atomic E-state index is 9.11. The summed E-state index contributed by atoms with van der Waals surface area (Å²) in [7, 11) is 0. The molecule has 0 heterocycles. The van der Waals surface area contributed by atoms with E-state index < -0.39 is 5.91 Å². The van der Waals surface area contributed by atoms with E-state index >= 15 is 0 Å². The zero-order valence-electron chi connectivity index (χ0n) is 8.15. The molecular formula is C9H13N3O2. The molecule has 5 heteroatoms. The van der Waals surface area contributed by atoms with Crippen molar-refractivity contribution in [2.24, 2.45) is 0 Å². The SMILES string of the molecule is CC1=C(NC(C)(O)O)C=CC(=[N+]=[N-])C1. The van der Waals surface area contributed by atoms with E-state index in [-0.39, 0.29) is 0 Å². The summed E-state index contributed by atoms with van der Waals surface area (Å²) < 4.78 is 0. The normalized spacial score (nSPS) is 17.0. The van der Waals surface area contributed by atoms with Crippen molar-refractivity contribution in [2.45, 2.75) is 26.2 Å². The monoisotopic (exact) mass is 195 g/mol. The van der Waals surface area contributed by atoms with Crippen LogP contribution >= 0.6 is 0 Å². The zero-order chi connectivity index (χ0) is 10.8. The largest absolute Gasteiger partial charge is 0.361 e. The van der Waals surface area contributed by atoms with E-state index in [1.807, 2.05) is 6.92 Å². The molecule has 0 aromatic carbocycles. The number of rotatable bonds is 2. The van der Waals surface area contributed by atoms with Gasteiger partial charge in [-0.15, -0.1) is 0 Å². The summed E-state index contributed by atoms with van der Waals surface area (Å²) in [6, 6.07) is 0. The fourth-order valence-electron chi connectivity index (χ4n) is 1.22. The van der Waals surface area contributed by atoms with E-state index in [2.05, 4.69) is 10.1 Å². The number of hydrogen-bond acceptors (Lipinski definition) is 3. The third-order valence-electron chi connectivity index (χ3n) is 1.85. The molecule has 5 nitrogen and oxygen atoms in total. The van der Waals surface area contributed by atoms with Crippen molar-refractivity contribution in [1.82, 2.24) is 5.32 Å². The Bertz CT molecular complexity index is 344. The van der Waals surface area contributed by atoms with E-state index in [0.29, 0.717) is 17.8 Å². The van der Waals surface area contributed by atoms with Gasteiger partial charge in [0.1, 0.15) is 0 Å². The van der Waals surface area contributed by atoms with Gasteiger partial charge < -0.3 is 21.1 Å². The van der Waals surface area contributed by atoms with Gasteiger partial charge in [-0.25, -0.2) is 0 Å². The summed E-state index contributed by atoms with van der Waals surface area (Å²) in [6.45, 7) is 3.06. The second kappa shape index (κ2) is 3.75. The van der Waals surface area contributed by atoms with E-state index in [4.69, 9.17) is 15.7 Å². The van der Waals surface area contributed by atoms with Crippen molar-refractivity contribution in [3.05, 3.63) is 29.0 Å². The van der Waals surface area contributed by atoms with Gasteiger partial charge in [0.05, 0.1) is 6.42 Å². The highest BCUT2D eigenvalue weighted by Crippen LogP contribution is 2.15. The lowest BCUT2D eigenvalue weighted by Gasteiger charge is -2.22. The summed E-state index contributed by atoms with van der Waals surface area (Å²) in [5, 5.41) is 20.7. The second-order valence-corrected chi connectivity index (χ2v) is 3.44. The van der Waals surface area contributed by atoms with Gasteiger partial charge in [-0.3, -0.25) is 0 Å². The summed E-state index contributed by atoms with van der Waals surface area (Å²) in [6.07, 6.45) is 3.74. The number of allylic oxidation sites excluding steroid dienone is 3. The number of nitrogens with one attached hydrogen (secondary N) is 1. The third kappa shape index (κ3) is 2.81. The highest BCUT2D eigenvalue weighted by atomic mass is 16.5. The molecular weight excluding hydrogens is 182 g/mol. The van der Waals surface area contributed by atoms with Crippen LogP contribution in [0, 0.1) is 0 Å². The van der Waals surface area contributed by atoms with Gasteiger partial charge >= 0.3 is 0 Å². The minimum absolute atomic E-state index is 0.491. The molecule has 0 atom stereocenters. The molecule has 0 aliphatic heterocycles. The van der Waals surface area contributed by atoms with Gasteiger partial charge in [0.2, 0.25) is 5.91 Å². The number of aliphatic hydroxyl groups is 2. The number of nitrogens with zero attached hydrogens (tertiary/aromatic N) is 2. The van der Waals surface area contributed by atoms with E-state index in [9.17, 15) is 0 Å². The minimum Gasteiger partial charge on any atom is -0.361 e. The van der Waals surface area contributed by atoms with Crippen LogP contribution in [-0.2, 0) is 0 Å². The average Bonchev–Trinajstić information content (AvgIpc) is 2.06. The Kier molecular flexibility index (Phi) is 2.86. The summed E-state index contributed by atoms with van der Waals surface area (Å²) in [4.78, 5) is 3.07. The van der Waals surface area contributed by atoms with Crippen LogP contribution in [0.2, 0.25) is 0 Å². The fraction of sp³-hybridized carbons (Fsp3) is 0.444. The smallest absolute Gasteiger partial charge is 0.296 e. The zero-order valence-corrected chi connectivity index (χ0v) is 8.15. The van der Waals surface area contributed by atoms with E-state index in [0.717, 1.165) is 5.57 Å². The van der Waals surface area contributed by atoms with Gasteiger partial charge in [0.25, 0.3) is 5.71 Å². The van der Waals surface area contributed by atoms with Crippen LogP contribution < -0.4 is 5.32 Å². The van der Waals surface area contributed by atoms with Crippen molar-refractivity contribution >= 4 is 5.71 Å². The van der Waals surface area contributed by atoms with Crippen molar-refractivity contribution in [2.75, 3.05) is 0 Å². The van der Waals surface area contributed by atoms with Crippen molar-refractivity contribution in [3.63, 3.8) is 0 Å². The lowest BCUT2D eigenvalue weighted by molar-refractivity contribution is -0.162. The van der Waals surface area contributed by atoms with Crippen LogP contribution in [0.3, 0.4) is 0 Å². The molecule has 0 aromatic heterocycles. The van der Waals surface area contributed by atoms with Crippen LogP contribution in [0.4, 0.5) is 0 Å². The first-order valence-corrected chi connectivity index (χ1v) is 4.24. The topological polar surface area (TPSA) is 88.9 Å². The van der Waals surface area contributed by atoms with Crippen molar-refractivity contribution < 1.29 is 15.0 Å². The molecule has 0 saturated carbocycles. The minimum atomic E-state index is -1.94. The molecule has 0 saturated heterocycles. The van der Waals surface area contributed by atoms with Crippen LogP contribution in [-0.4, -0.2) is 26.6 Å². The molecule has 14 heavy (non-hydrogen) atoms. The quantitative estimate of drug-likeness (QED) is 0.332. The van der Waals surface area contributed by atoms with Crippen LogP contribution in [0.1, 0.15) is 20.3 Å².